The van der Waals surface area contributed by atoms with Crippen LogP contribution in [0.2, 0.25) is 0 Å². The van der Waals surface area contributed by atoms with Crippen LogP contribution >= 0.6 is 0 Å². The molecular formula is C9H9NO. The maximum absolute atomic E-state index is 11.3. The van der Waals surface area contributed by atoms with E-state index >= 15 is 0 Å². The molecule has 0 N–H and O–H groups in total. The molecule has 1 fully saturated rings. The predicted octanol–water partition coefficient (Wildman–Crippen LogP) is 1.44. The smallest absolute Gasteiger partial charge is 0.175 e. The third kappa shape index (κ3) is 0.742. The van der Waals surface area contributed by atoms with Gasteiger partial charge in [0.15, 0.2) is 5.78 Å². The van der Waals surface area contributed by atoms with Crippen LogP contribution in [0.3, 0.4) is 0 Å². The van der Waals surface area contributed by atoms with E-state index in [1.165, 1.54) is 0 Å². The Morgan fingerprint density at radius 2 is 2.55 bits per heavy atom. The van der Waals surface area contributed by atoms with Gasteiger partial charge in [0.05, 0.1) is 6.07 Å². The van der Waals surface area contributed by atoms with E-state index in [1.807, 2.05) is 6.08 Å². The van der Waals surface area contributed by atoms with Crippen LogP contribution in [-0.4, -0.2) is 5.78 Å². The first-order chi connectivity index (χ1) is 5.27. The number of ketones is 1. The lowest BCUT2D eigenvalue weighted by atomic mass is 9.79. The monoisotopic (exact) mass is 147 g/mol. The Kier molecular flexibility index (Phi) is 1.17. The van der Waals surface area contributed by atoms with Crippen LogP contribution in [0.25, 0.3) is 0 Å². The molecule has 2 heteroatoms. The van der Waals surface area contributed by atoms with Crippen LogP contribution in [0.15, 0.2) is 12.2 Å². The second kappa shape index (κ2) is 1.94. The van der Waals surface area contributed by atoms with Crippen molar-refractivity contribution in [3.63, 3.8) is 0 Å². The zero-order valence-electron chi connectivity index (χ0n) is 6.21. The molecule has 0 spiro atoms. The highest BCUT2D eigenvalue weighted by atomic mass is 16.1. The Bertz CT molecular complexity index is 274. The number of hydrogen-bond acceptors (Lipinski definition) is 2. The largest absolute Gasteiger partial charge is 0.293 e. The Balaban J connectivity index is 2.43. The molecule has 0 heterocycles. The molecule has 0 aliphatic heterocycles. The van der Waals surface area contributed by atoms with E-state index in [0.717, 1.165) is 19.3 Å². The van der Waals surface area contributed by atoms with Gasteiger partial charge in [0.25, 0.3) is 0 Å². The molecule has 2 aliphatic rings. The number of carbonyl (C=O) groups excluding carboxylic acids is 1. The fourth-order valence-electron chi connectivity index (χ4n) is 2.01. The van der Waals surface area contributed by atoms with E-state index < -0.39 is 5.41 Å². The molecule has 2 aliphatic carbocycles. The van der Waals surface area contributed by atoms with Crippen LogP contribution in [0.5, 0.6) is 0 Å². The molecule has 0 aromatic carbocycles. The van der Waals surface area contributed by atoms with E-state index in [-0.39, 0.29) is 5.78 Å². The highest BCUT2D eigenvalue weighted by Gasteiger charge is 2.46. The van der Waals surface area contributed by atoms with Crippen molar-refractivity contribution in [1.82, 2.24) is 0 Å². The Morgan fingerprint density at radius 1 is 1.73 bits per heavy atom. The Labute approximate surface area is 65.5 Å². The number of fused-ring (bicyclic) bond motifs is 2. The van der Waals surface area contributed by atoms with E-state index in [1.54, 1.807) is 6.08 Å². The first-order valence-corrected chi connectivity index (χ1v) is 3.91. The van der Waals surface area contributed by atoms with E-state index in [9.17, 15) is 4.79 Å². The van der Waals surface area contributed by atoms with Gasteiger partial charge in [-0.15, -0.1) is 0 Å². The normalized spacial score (nSPS) is 40.6. The predicted molar refractivity (Wildman–Crippen MR) is 39.5 cm³/mol. The van der Waals surface area contributed by atoms with Crippen molar-refractivity contribution in [3.8, 4) is 6.07 Å². The van der Waals surface area contributed by atoms with Gasteiger partial charge in [0, 0.05) is 0 Å². The minimum atomic E-state index is -0.626. The highest BCUT2D eigenvalue weighted by Crippen LogP contribution is 2.45. The van der Waals surface area contributed by atoms with Crippen molar-refractivity contribution >= 4 is 5.78 Å². The Morgan fingerprint density at radius 3 is 3.18 bits per heavy atom. The molecule has 2 atom stereocenters. The molecule has 2 nitrogen and oxygen atoms in total. The van der Waals surface area contributed by atoms with Crippen molar-refractivity contribution in [2.75, 3.05) is 0 Å². The standard InChI is InChI=1S/C9H9NO/c10-6-9-4-3-7(5-9)1-2-8(9)11/h1-2,7H,3-5H2. The van der Waals surface area contributed by atoms with E-state index in [0.29, 0.717) is 5.92 Å². The summed E-state index contributed by atoms with van der Waals surface area (Å²) >= 11 is 0. The molecule has 2 bridgehead atoms. The average Bonchev–Trinajstić information content (AvgIpc) is 2.39. The topological polar surface area (TPSA) is 40.9 Å². The number of nitrogens with zero attached hydrogens (tertiary/aromatic N) is 1. The van der Waals surface area contributed by atoms with E-state index in [2.05, 4.69) is 6.07 Å². The summed E-state index contributed by atoms with van der Waals surface area (Å²) in [5, 5.41) is 8.83. The van der Waals surface area contributed by atoms with Crippen LogP contribution in [0.1, 0.15) is 19.3 Å². The molecular weight excluding hydrogens is 138 g/mol. The molecule has 0 aromatic rings. The van der Waals surface area contributed by atoms with Gasteiger partial charge in [0.2, 0.25) is 0 Å². The fraction of sp³-hybridized carbons (Fsp3) is 0.556. The molecule has 0 amide bonds. The second-order valence-electron chi connectivity index (χ2n) is 3.42. The van der Waals surface area contributed by atoms with Crippen molar-refractivity contribution in [3.05, 3.63) is 12.2 Å². The highest BCUT2D eigenvalue weighted by molar-refractivity contribution is 5.98. The summed E-state index contributed by atoms with van der Waals surface area (Å²) < 4.78 is 0. The maximum Gasteiger partial charge on any atom is 0.175 e. The summed E-state index contributed by atoms with van der Waals surface area (Å²) in [7, 11) is 0. The van der Waals surface area contributed by atoms with Gasteiger partial charge in [-0.1, -0.05) is 6.08 Å². The average molecular weight is 147 g/mol. The first-order valence-electron chi connectivity index (χ1n) is 3.91. The maximum atomic E-state index is 11.3. The van der Waals surface area contributed by atoms with Crippen LogP contribution in [0, 0.1) is 22.7 Å². The molecule has 0 aromatic heterocycles. The van der Waals surface area contributed by atoms with Gasteiger partial charge in [-0.3, -0.25) is 4.79 Å². The van der Waals surface area contributed by atoms with Crippen molar-refractivity contribution in [2.24, 2.45) is 11.3 Å². The molecule has 0 saturated heterocycles. The van der Waals surface area contributed by atoms with E-state index in [4.69, 9.17) is 5.26 Å². The van der Waals surface area contributed by atoms with Crippen molar-refractivity contribution in [2.45, 2.75) is 19.3 Å². The number of allylic oxidation sites excluding steroid dienone is 2. The first kappa shape index (κ1) is 6.60. The van der Waals surface area contributed by atoms with Gasteiger partial charge >= 0.3 is 0 Å². The zero-order chi connectivity index (χ0) is 7.90. The molecule has 1 saturated carbocycles. The summed E-state index contributed by atoms with van der Waals surface area (Å²) in [6, 6.07) is 2.16. The number of hydrogen-bond donors (Lipinski definition) is 0. The van der Waals surface area contributed by atoms with Gasteiger partial charge in [-0.25, -0.2) is 0 Å². The summed E-state index contributed by atoms with van der Waals surface area (Å²) in [6.45, 7) is 0. The molecule has 11 heavy (non-hydrogen) atoms. The zero-order valence-corrected chi connectivity index (χ0v) is 6.21. The fourth-order valence-corrected chi connectivity index (χ4v) is 2.01. The molecule has 2 rings (SSSR count). The van der Waals surface area contributed by atoms with Gasteiger partial charge in [-0.05, 0) is 31.3 Å². The van der Waals surface area contributed by atoms with Crippen LogP contribution in [-0.2, 0) is 4.79 Å². The van der Waals surface area contributed by atoms with Crippen LogP contribution in [0.4, 0.5) is 0 Å². The van der Waals surface area contributed by atoms with Gasteiger partial charge in [-0.2, -0.15) is 5.26 Å². The molecule has 2 unspecified atom stereocenters. The minimum Gasteiger partial charge on any atom is -0.293 e. The summed E-state index contributed by atoms with van der Waals surface area (Å²) in [6.07, 6.45) is 6.07. The Hall–Kier alpha value is -1.10. The van der Waals surface area contributed by atoms with Crippen molar-refractivity contribution < 1.29 is 4.79 Å². The third-order valence-electron chi connectivity index (χ3n) is 2.76. The molecule has 56 valence electrons. The number of carbonyl (C=O) groups is 1. The number of nitriles is 1. The summed E-state index contributed by atoms with van der Waals surface area (Å²) in [5.41, 5.74) is -0.626. The summed E-state index contributed by atoms with van der Waals surface area (Å²) in [5.74, 6) is 0.515. The van der Waals surface area contributed by atoms with Gasteiger partial charge < -0.3 is 0 Å². The second-order valence-corrected chi connectivity index (χ2v) is 3.42. The third-order valence-corrected chi connectivity index (χ3v) is 2.76. The SMILES string of the molecule is N#CC12CCC(C=CC1=O)C2. The minimum absolute atomic E-state index is 0.0220. The van der Waals surface area contributed by atoms with Gasteiger partial charge in [0.1, 0.15) is 5.41 Å². The summed E-state index contributed by atoms with van der Waals surface area (Å²) in [4.78, 5) is 11.3. The lowest BCUT2D eigenvalue weighted by Crippen LogP contribution is -2.26. The lowest BCUT2D eigenvalue weighted by molar-refractivity contribution is -0.121. The quantitative estimate of drug-likeness (QED) is 0.520. The number of rotatable bonds is 0. The lowest BCUT2D eigenvalue weighted by Gasteiger charge is -2.19. The molecule has 0 radical (unpaired) electrons. The van der Waals surface area contributed by atoms with Crippen molar-refractivity contribution in [1.29, 1.82) is 5.26 Å². The van der Waals surface area contributed by atoms with Crippen LogP contribution < -0.4 is 0 Å².